The summed E-state index contributed by atoms with van der Waals surface area (Å²) >= 11 is 1.22. The van der Waals surface area contributed by atoms with Crippen LogP contribution in [0.2, 0.25) is 0 Å². The summed E-state index contributed by atoms with van der Waals surface area (Å²) in [6, 6.07) is 0. The normalized spacial score (nSPS) is 15.6. The van der Waals surface area contributed by atoms with Crippen LogP contribution in [-0.4, -0.2) is 50.5 Å². The van der Waals surface area contributed by atoms with E-state index >= 15 is 0 Å². The fourth-order valence-corrected chi connectivity index (χ4v) is 3.70. The number of hydrogen-bond acceptors (Lipinski definition) is 5. The van der Waals surface area contributed by atoms with Crippen LogP contribution in [0.4, 0.5) is 5.00 Å². The number of rotatable bonds is 5. The predicted molar refractivity (Wildman–Crippen MR) is 94.7 cm³/mol. The minimum atomic E-state index is -0.810. The molecule has 0 fully saturated rings. The molecule has 138 valence electrons. The van der Waals surface area contributed by atoms with E-state index in [9.17, 15) is 14.4 Å². The standard InChI is InChI=1S/C16H24N4O4S/c1-16(2)7-9-10(8-24-16)25-15(11(9)12(17)21)19-14(23)13(22)18-5-6-20(3)4/h5-8H2,1-4H3,(H2,17,21)(H,18,22)(H,19,23)/p+1. The second-order valence-corrected chi connectivity index (χ2v) is 8.07. The molecule has 2 rings (SSSR count). The minimum absolute atomic E-state index is 0.273. The molecule has 1 aromatic rings. The summed E-state index contributed by atoms with van der Waals surface area (Å²) in [4.78, 5) is 37.9. The average Bonchev–Trinajstić information content (AvgIpc) is 2.82. The first-order valence-electron chi connectivity index (χ1n) is 8.07. The Morgan fingerprint density at radius 1 is 1.28 bits per heavy atom. The molecule has 1 aliphatic heterocycles. The molecule has 0 radical (unpaired) electrons. The van der Waals surface area contributed by atoms with E-state index < -0.39 is 23.3 Å². The molecule has 0 spiro atoms. The van der Waals surface area contributed by atoms with Crippen LogP contribution < -0.4 is 21.3 Å². The molecule has 1 aliphatic rings. The van der Waals surface area contributed by atoms with Gasteiger partial charge in [0.1, 0.15) is 5.00 Å². The molecule has 0 aromatic carbocycles. The third-order valence-corrected chi connectivity index (χ3v) is 5.00. The van der Waals surface area contributed by atoms with E-state index in [2.05, 4.69) is 10.6 Å². The number of primary amides is 1. The Bertz CT molecular complexity index is 697. The van der Waals surface area contributed by atoms with Crippen LogP contribution in [0.1, 0.15) is 34.6 Å². The van der Waals surface area contributed by atoms with Crippen LogP contribution in [0.3, 0.4) is 0 Å². The molecular weight excluding hydrogens is 344 g/mol. The van der Waals surface area contributed by atoms with Crippen LogP contribution in [0.5, 0.6) is 0 Å². The maximum absolute atomic E-state index is 12.1. The molecule has 3 amide bonds. The number of nitrogens with one attached hydrogen (secondary N) is 3. The molecule has 2 heterocycles. The van der Waals surface area contributed by atoms with Gasteiger partial charge in [0.25, 0.3) is 5.91 Å². The van der Waals surface area contributed by atoms with E-state index in [0.29, 0.717) is 31.1 Å². The lowest BCUT2D eigenvalue weighted by atomic mass is 9.93. The molecule has 0 atom stereocenters. The Morgan fingerprint density at radius 3 is 2.56 bits per heavy atom. The average molecular weight is 369 g/mol. The Hall–Kier alpha value is -1.97. The van der Waals surface area contributed by atoms with Gasteiger partial charge in [-0.2, -0.15) is 0 Å². The van der Waals surface area contributed by atoms with E-state index in [-0.39, 0.29) is 5.56 Å². The molecule has 1 aromatic heterocycles. The molecule has 8 nitrogen and oxygen atoms in total. The van der Waals surface area contributed by atoms with Crippen molar-refractivity contribution in [2.24, 2.45) is 5.73 Å². The lowest BCUT2D eigenvalue weighted by Gasteiger charge is -2.30. The zero-order valence-electron chi connectivity index (χ0n) is 14.9. The van der Waals surface area contributed by atoms with Gasteiger partial charge in [-0.15, -0.1) is 11.3 Å². The number of likely N-dealkylation sites (N-methyl/N-ethyl adjacent to an activating group) is 1. The minimum Gasteiger partial charge on any atom is -0.370 e. The first-order chi connectivity index (χ1) is 11.6. The monoisotopic (exact) mass is 369 g/mol. The lowest BCUT2D eigenvalue weighted by Crippen LogP contribution is -3.06. The van der Waals surface area contributed by atoms with Crippen molar-refractivity contribution in [3.05, 3.63) is 16.0 Å². The number of amides is 3. The molecule has 0 aliphatic carbocycles. The van der Waals surface area contributed by atoms with E-state index in [1.54, 1.807) is 0 Å². The fourth-order valence-electron chi connectivity index (χ4n) is 2.57. The Morgan fingerprint density at radius 2 is 1.96 bits per heavy atom. The fraction of sp³-hybridized carbons (Fsp3) is 0.562. The SMILES string of the molecule is C[NH+](C)CCNC(=O)C(=O)Nc1sc2c(c1C(N)=O)CC(C)(C)OC2. The zero-order chi connectivity index (χ0) is 18.8. The van der Waals surface area contributed by atoms with Gasteiger partial charge in [-0.05, 0) is 19.4 Å². The van der Waals surface area contributed by atoms with Crippen LogP contribution in [0, 0.1) is 0 Å². The number of carbonyl (C=O) groups excluding carboxylic acids is 3. The lowest BCUT2D eigenvalue weighted by molar-refractivity contribution is -0.856. The van der Waals surface area contributed by atoms with Crippen LogP contribution in [0.15, 0.2) is 0 Å². The van der Waals surface area contributed by atoms with Crippen molar-refractivity contribution in [1.82, 2.24) is 5.32 Å². The van der Waals surface area contributed by atoms with Gasteiger partial charge < -0.3 is 26.0 Å². The van der Waals surface area contributed by atoms with Crippen molar-refractivity contribution in [3.8, 4) is 0 Å². The van der Waals surface area contributed by atoms with Crippen LogP contribution in [-0.2, 0) is 27.4 Å². The zero-order valence-corrected chi connectivity index (χ0v) is 15.8. The summed E-state index contributed by atoms with van der Waals surface area (Å²) in [5, 5.41) is 5.37. The number of carbonyl (C=O) groups is 3. The Labute approximate surface area is 150 Å². The maximum atomic E-state index is 12.1. The Kier molecular flexibility index (Phi) is 5.81. The highest BCUT2D eigenvalue weighted by Crippen LogP contribution is 2.40. The Balaban J connectivity index is 2.14. The summed E-state index contributed by atoms with van der Waals surface area (Å²) in [5.41, 5.74) is 6.16. The highest BCUT2D eigenvalue weighted by molar-refractivity contribution is 7.17. The molecule has 25 heavy (non-hydrogen) atoms. The number of nitrogens with two attached hydrogens (primary N) is 1. The van der Waals surface area contributed by atoms with Crippen molar-refractivity contribution in [2.45, 2.75) is 32.5 Å². The third-order valence-electron chi connectivity index (χ3n) is 3.88. The molecule has 0 bridgehead atoms. The molecule has 0 unspecified atom stereocenters. The summed E-state index contributed by atoms with van der Waals surface area (Å²) in [5.74, 6) is -2.17. The van der Waals surface area contributed by atoms with Gasteiger partial charge in [0, 0.05) is 11.3 Å². The first kappa shape index (κ1) is 19.4. The first-order valence-corrected chi connectivity index (χ1v) is 8.89. The molecule has 5 N–H and O–H groups in total. The van der Waals surface area contributed by atoms with E-state index in [1.807, 2.05) is 27.9 Å². The van der Waals surface area contributed by atoms with Crippen LogP contribution >= 0.6 is 11.3 Å². The van der Waals surface area contributed by atoms with Crippen molar-refractivity contribution in [2.75, 3.05) is 32.5 Å². The molecular formula is C16H25N4O4S+. The summed E-state index contributed by atoms with van der Waals surface area (Å²) in [6.07, 6.45) is 0.519. The largest absolute Gasteiger partial charge is 0.370 e. The second kappa shape index (κ2) is 7.51. The van der Waals surface area contributed by atoms with Crippen molar-refractivity contribution in [1.29, 1.82) is 0 Å². The number of thiophene rings is 1. The van der Waals surface area contributed by atoms with Crippen molar-refractivity contribution < 1.29 is 24.0 Å². The maximum Gasteiger partial charge on any atom is 0.314 e. The summed E-state index contributed by atoms with van der Waals surface area (Å²) < 4.78 is 5.73. The van der Waals surface area contributed by atoms with Gasteiger partial charge in [-0.25, -0.2) is 0 Å². The van der Waals surface area contributed by atoms with Crippen molar-refractivity contribution in [3.63, 3.8) is 0 Å². The number of anilines is 1. The van der Waals surface area contributed by atoms with Crippen LogP contribution in [0.25, 0.3) is 0 Å². The molecule has 9 heteroatoms. The molecule has 0 saturated carbocycles. The number of fused-ring (bicyclic) bond motifs is 1. The van der Waals surface area contributed by atoms with Gasteiger partial charge in [0.05, 0.1) is 45.0 Å². The number of ether oxygens (including phenoxy) is 1. The van der Waals surface area contributed by atoms with Crippen molar-refractivity contribution >= 4 is 34.1 Å². The van der Waals surface area contributed by atoms with E-state index in [4.69, 9.17) is 10.5 Å². The summed E-state index contributed by atoms with van der Waals surface area (Å²) in [6.45, 7) is 5.29. The topological polar surface area (TPSA) is 115 Å². The number of hydrogen-bond donors (Lipinski definition) is 4. The number of quaternary nitrogens is 1. The van der Waals surface area contributed by atoms with Gasteiger partial charge in [-0.1, -0.05) is 0 Å². The second-order valence-electron chi connectivity index (χ2n) is 6.96. The highest BCUT2D eigenvalue weighted by atomic mass is 32.1. The van der Waals surface area contributed by atoms with Gasteiger partial charge in [0.2, 0.25) is 0 Å². The van der Waals surface area contributed by atoms with E-state index in [1.165, 1.54) is 11.3 Å². The predicted octanol–water partition coefficient (Wildman–Crippen LogP) is -1.10. The molecule has 0 saturated heterocycles. The van der Waals surface area contributed by atoms with Gasteiger partial charge in [-0.3, -0.25) is 14.4 Å². The smallest absolute Gasteiger partial charge is 0.314 e. The highest BCUT2D eigenvalue weighted by Gasteiger charge is 2.33. The summed E-state index contributed by atoms with van der Waals surface area (Å²) in [7, 11) is 3.90. The van der Waals surface area contributed by atoms with Gasteiger partial charge in [0.15, 0.2) is 0 Å². The third kappa shape index (κ3) is 4.77. The van der Waals surface area contributed by atoms with E-state index in [0.717, 1.165) is 15.3 Å². The quantitative estimate of drug-likeness (QED) is 0.493. The van der Waals surface area contributed by atoms with Gasteiger partial charge >= 0.3 is 11.8 Å².